The fourth-order valence-corrected chi connectivity index (χ4v) is 0.794. The second-order valence-electron chi connectivity index (χ2n) is 1.80. The van der Waals surface area contributed by atoms with E-state index in [1.165, 1.54) is 0 Å². The third-order valence-corrected chi connectivity index (χ3v) is 1.54. The van der Waals surface area contributed by atoms with Crippen molar-refractivity contribution >= 4 is 21.7 Å². The van der Waals surface area contributed by atoms with Gasteiger partial charge in [-0.3, -0.25) is 4.79 Å². The maximum atomic E-state index is 10.6. The maximum absolute atomic E-state index is 10.6. The molecule has 0 aromatic carbocycles. The summed E-state index contributed by atoms with van der Waals surface area (Å²) in [5.41, 5.74) is 0. The highest BCUT2D eigenvalue weighted by Crippen LogP contribution is 1.96. The molecule has 0 heterocycles. The molecule has 0 saturated carbocycles. The Hall–Kier alpha value is 0.110. The number of aliphatic hydroxyl groups excluding tert-OH is 1. The van der Waals surface area contributed by atoms with Crippen molar-refractivity contribution in [3.63, 3.8) is 0 Å². The predicted octanol–water partition coefficient (Wildman–Crippen LogP) is 1.11. The molecule has 0 atom stereocenters. The standard InChI is InChI=1S/C6H11BrO2/c7-4-1-2-6(9)3-5-8/h8H,1-5H2. The monoisotopic (exact) mass is 194 g/mol. The Bertz CT molecular complexity index is 83.1. The molecule has 0 aromatic heterocycles. The SMILES string of the molecule is O=C(CCO)CCCBr. The van der Waals surface area contributed by atoms with E-state index in [0.717, 1.165) is 11.8 Å². The summed E-state index contributed by atoms with van der Waals surface area (Å²) in [6.07, 6.45) is 1.78. The highest BCUT2D eigenvalue weighted by molar-refractivity contribution is 9.09. The van der Waals surface area contributed by atoms with Crippen LogP contribution in [0.2, 0.25) is 0 Å². The number of hydrogen-bond donors (Lipinski definition) is 1. The van der Waals surface area contributed by atoms with Crippen molar-refractivity contribution in [3.05, 3.63) is 0 Å². The molecule has 0 rings (SSSR count). The zero-order chi connectivity index (χ0) is 7.11. The fourth-order valence-electron chi connectivity index (χ4n) is 0.514. The Labute approximate surface area is 63.4 Å². The Kier molecular flexibility index (Phi) is 6.31. The third-order valence-electron chi connectivity index (χ3n) is 0.980. The van der Waals surface area contributed by atoms with Gasteiger partial charge in [0.1, 0.15) is 5.78 Å². The molecular formula is C6H11BrO2. The van der Waals surface area contributed by atoms with Gasteiger partial charge in [-0.1, -0.05) is 15.9 Å². The number of carbonyl (C=O) groups is 1. The Morgan fingerprint density at radius 1 is 1.44 bits per heavy atom. The van der Waals surface area contributed by atoms with Crippen LogP contribution in [0.3, 0.4) is 0 Å². The molecule has 1 N–H and O–H groups in total. The van der Waals surface area contributed by atoms with E-state index in [1.807, 2.05) is 0 Å². The lowest BCUT2D eigenvalue weighted by Gasteiger charge is -1.93. The second-order valence-corrected chi connectivity index (χ2v) is 2.60. The first-order valence-electron chi connectivity index (χ1n) is 2.99. The van der Waals surface area contributed by atoms with Gasteiger partial charge in [0.15, 0.2) is 0 Å². The van der Waals surface area contributed by atoms with Crippen molar-refractivity contribution in [2.75, 3.05) is 11.9 Å². The summed E-state index contributed by atoms with van der Waals surface area (Å²) in [5.74, 6) is 0.150. The lowest BCUT2D eigenvalue weighted by atomic mass is 10.2. The van der Waals surface area contributed by atoms with Gasteiger partial charge in [0.25, 0.3) is 0 Å². The molecule has 0 spiro atoms. The first-order chi connectivity index (χ1) is 4.31. The molecule has 0 fully saturated rings. The predicted molar refractivity (Wildman–Crippen MR) is 39.7 cm³/mol. The number of ketones is 1. The van der Waals surface area contributed by atoms with Gasteiger partial charge in [0.2, 0.25) is 0 Å². The molecule has 0 unspecified atom stereocenters. The molecular weight excluding hydrogens is 184 g/mol. The van der Waals surface area contributed by atoms with Crippen LogP contribution in [0.15, 0.2) is 0 Å². The fraction of sp³-hybridized carbons (Fsp3) is 0.833. The molecule has 0 aliphatic heterocycles. The van der Waals surface area contributed by atoms with Gasteiger partial charge in [0, 0.05) is 24.8 Å². The molecule has 2 nitrogen and oxygen atoms in total. The number of halogens is 1. The van der Waals surface area contributed by atoms with E-state index < -0.39 is 0 Å². The summed E-state index contributed by atoms with van der Waals surface area (Å²) < 4.78 is 0. The average Bonchev–Trinajstić information content (AvgIpc) is 1.85. The van der Waals surface area contributed by atoms with Gasteiger partial charge in [-0.15, -0.1) is 0 Å². The number of Topliss-reactive ketones (excluding diaryl/α,β-unsaturated/α-hetero) is 1. The largest absolute Gasteiger partial charge is 0.396 e. The molecule has 0 bridgehead atoms. The normalized spacial score (nSPS) is 9.56. The van der Waals surface area contributed by atoms with Crippen molar-refractivity contribution in [3.8, 4) is 0 Å². The van der Waals surface area contributed by atoms with E-state index in [9.17, 15) is 4.79 Å². The van der Waals surface area contributed by atoms with E-state index in [4.69, 9.17) is 5.11 Å². The summed E-state index contributed by atoms with van der Waals surface area (Å²) in [5, 5.41) is 9.17. The van der Waals surface area contributed by atoms with Crippen LogP contribution in [0, 0.1) is 0 Å². The van der Waals surface area contributed by atoms with Crippen LogP contribution in [-0.4, -0.2) is 22.8 Å². The summed E-state index contributed by atoms with van der Waals surface area (Å²) >= 11 is 3.21. The molecule has 0 aliphatic carbocycles. The topological polar surface area (TPSA) is 37.3 Å². The molecule has 0 radical (unpaired) electrons. The number of aliphatic hydroxyl groups is 1. The average molecular weight is 195 g/mol. The lowest BCUT2D eigenvalue weighted by molar-refractivity contribution is -0.119. The van der Waals surface area contributed by atoms with E-state index in [1.54, 1.807) is 0 Å². The highest BCUT2D eigenvalue weighted by atomic mass is 79.9. The van der Waals surface area contributed by atoms with Crippen LogP contribution >= 0.6 is 15.9 Å². The van der Waals surface area contributed by atoms with Crippen LogP contribution in [0.4, 0.5) is 0 Å². The zero-order valence-corrected chi connectivity index (χ0v) is 6.85. The van der Waals surface area contributed by atoms with Gasteiger partial charge in [-0.25, -0.2) is 0 Å². The van der Waals surface area contributed by atoms with Gasteiger partial charge < -0.3 is 5.11 Å². The van der Waals surface area contributed by atoms with Crippen LogP contribution < -0.4 is 0 Å². The minimum Gasteiger partial charge on any atom is -0.396 e. The first kappa shape index (κ1) is 9.11. The van der Waals surface area contributed by atoms with Gasteiger partial charge >= 0.3 is 0 Å². The van der Waals surface area contributed by atoms with E-state index in [2.05, 4.69) is 15.9 Å². The smallest absolute Gasteiger partial charge is 0.135 e. The van der Waals surface area contributed by atoms with Crippen LogP contribution in [0.1, 0.15) is 19.3 Å². The zero-order valence-electron chi connectivity index (χ0n) is 5.27. The van der Waals surface area contributed by atoms with E-state index in [-0.39, 0.29) is 12.4 Å². The molecule has 0 amide bonds. The van der Waals surface area contributed by atoms with Gasteiger partial charge in [0.05, 0.1) is 0 Å². The molecule has 0 saturated heterocycles. The summed E-state index contributed by atoms with van der Waals surface area (Å²) in [4.78, 5) is 10.6. The van der Waals surface area contributed by atoms with Crippen LogP contribution in [0.5, 0.6) is 0 Å². The van der Waals surface area contributed by atoms with Crippen molar-refractivity contribution in [1.29, 1.82) is 0 Å². The molecule has 0 aromatic rings. The van der Waals surface area contributed by atoms with Crippen LogP contribution in [-0.2, 0) is 4.79 Å². The van der Waals surface area contributed by atoms with Gasteiger partial charge in [-0.2, -0.15) is 0 Å². The summed E-state index contributed by atoms with van der Waals surface area (Å²) in [7, 11) is 0. The Morgan fingerprint density at radius 2 is 2.11 bits per heavy atom. The lowest BCUT2D eigenvalue weighted by Crippen LogP contribution is -2.00. The van der Waals surface area contributed by atoms with Crippen LogP contribution in [0.25, 0.3) is 0 Å². The van der Waals surface area contributed by atoms with Gasteiger partial charge in [-0.05, 0) is 6.42 Å². The van der Waals surface area contributed by atoms with Crippen molar-refractivity contribution in [2.24, 2.45) is 0 Å². The summed E-state index contributed by atoms with van der Waals surface area (Å²) in [6, 6.07) is 0. The number of carbonyl (C=O) groups excluding carboxylic acids is 1. The van der Waals surface area contributed by atoms with Crippen molar-refractivity contribution in [1.82, 2.24) is 0 Å². The van der Waals surface area contributed by atoms with E-state index in [0.29, 0.717) is 12.8 Å². The second kappa shape index (κ2) is 6.23. The molecule has 0 aliphatic rings. The highest BCUT2D eigenvalue weighted by Gasteiger charge is 1.97. The quantitative estimate of drug-likeness (QED) is 0.667. The minimum absolute atomic E-state index is 0.0128. The maximum Gasteiger partial charge on any atom is 0.135 e. The Balaban J connectivity index is 3.06. The van der Waals surface area contributed by atoms with Crippen molar-refractivity contribution < 1.29 is 9.90 Å². The molecule has 54 valence electrons. The number of alkyl halides is 1. The Morgan fingerprint density at radius 3 is 2.56 bits per heavy atom. The first-order valence-corrected chi connectivity index (χ1v) is 4.12. The number of hydrogen-bond acceptors (Lipinski definition) is 2. The van der Waals surface area contributed by atoms with E-state index >= 15 is 0 Å². The molecule has 3 heteroatoms. The minimum atomic E-state index is -0.0128. The summed E-state index contributed by atoms with van der Waals surface area (Å²) in [6.45, 7) is -0.0128. The number of rotatable bonds is 5. The third kappa shape index (κ3) is 5.99. The van der Waals surface area contributed by atoms with Crippen molar-refractivity contribution in [2.45, 2.75) is 19.3 Å². The molecule has 9 heavy (non-hydrogen) atoms.